The van der Waals surface area contributed by atoms with Crippen LogP contribution >= 0.6 is 0 Å². The first kappa shape index (κ1) is 15.5. The van der Waals surface area contributed by atoms with Gasteiger partial charge in [-0.15, -0.1) is 0 Å². The van der Waals surface area contributed by atoms with Crippen LogP contribution in [0.4, 0.5) is 4.39 Å². The molecule has 0 spiro atoms. The number of halogens is 1. The Labute approximate surface area is 135 Å². The Kier molecular flexibility index (Phi) is 4.60. The second kappa shape index (κ2) is 6.81. The molecule has 1 aliphatic rings. The third kappa shape index (κ3) is 4.09. The Morgan fingerprint density at radius 2 is 2.04 bits per heavy atom. The predicted octanol–water partition coefficient (Wildman–Crippen LogP) is 2.39. The summed E-state index contributed by atoms with van der Waals surface area (Å²) in [5.74, 6) is 1.37. The number of nitrogens with zero attached hydrogens (tertiary/aromatic N) is 3. The van der Waals surface area contributed by atoms with E-state index in [9.17, 15) is 4.39 Å². The highest BCUT2D eigenvalue weighted by atomic mass is 19.1. The molecule has 1 fully saturated rings. The molecule has 5 nitrogen and oxygen atoms in total. The van der Waals surface area contributed by atoms with Crippen molar-refractivity contribution in [2.45, 2.75) is 26.3 Å². The molecule has 3 rings (SSSR count). The molecule has 1 aromatic carbocycles. The molecule has 23 heavy (non-hydrogen) atoms. The maximum atomic E-state index is 13.0. The Balaban J connectivity index is 1.62. The number of benzene rings is 1. The molecule has 1 heterocycles. The Morgan fingerprint density at radius 1 is 1.30 bits per heavy atom. The van der Waals surface area contributed by atoms with Crippen LogP contribution in [0, 0.1) is 18.7 Å². The molecule has 0 unspecified atom stereocenters. The van der Waals surface area contributed by atoms with Crippen LogP contribution in [0.5, 0.6) is 0 Å². The summed E-state index contributed by atoms with van der Waals surface area (Å²) >= 11 is 0. The maximum Gasteiger partial charge on any atom is 0.191 e. The summed E-state index contributed by atoms with van der Waals surface area (Å²) in [5.41, 5.74) is 2.88. The van der Waals surface area contributed by atoms with Gasteiger partial charge in [0.05, 0.1) is 11.4 Å². The van der Waals surface area contributed by atoms with Crippen molar-refractivity contribution in [1.29, 1.82) is 0 Å². The van der Waals surface area contributed by atoms with Crippen LogP contribution in [-0.2, 0) is 6.54 Å². The number of hydrogen-bond acceptors (Lipinski definition) is 2. The van der Waals surface area contributed by atoms with E-state index in [0.717, 1.165) is 35.4 Å². The number of hydrogen-bond donors (Lipinski definition) is 2. The van der Waals surface area contributed by atoms with Gasteiger partial charge in [-0.1, -0.05) is 0 Å². The Bertz CT molecular complexity index is 686. The third-order valence-corrected chi connectivity index (χ3v) is 4.02. The van der Waals surface area contributed by atoms with Gasteiger partial charge in [0, 0.05) is 31.9 Å². The highest BCUT2D eigenvalue weighted by molar-refractivity contribution is 5.79. The summed E-state index contributed by atoms with van der Waals surface area (Å²) in [6, 6.07) is 6.31. The minimum Gasteiger partial charge on any atom is -0.356 e. The fourth-order valence-corrected chi connectivity index (χ4v) is 2.36. The van der Waals surface area contributed by atoms with Gasteiger partial charge in [0.2, 0.25) is 0 Å². The van der Waals surface area contributed by atoms with Crippen molar-refractivity contribution >= 4 is 5.96 Å². The summed E-state index contributed by atoms with van der Waals surface area (Å²) < 4.78 is 14.8. The summed E-state index contributed by atoms with van der Waals surface area (Å²) in [6.45, 7) is 3.60. The lowest BCUT2D eigenvalue weighted by Gasteiger charge is -2.10. The van der Waals surface area contributed by atoms with Crippen LogP contribution in [0.2, 0.25) is 0 Å². The molecule has 0 bridgehead atoms. The van der Waals surface area contributed by atoms with Gasteiger partial charge in [-0.2, -0.15) is 5.10 Å². The number of aliphatic imine (C=N–C) groups is 1. The lowest BCUT2D eigenvalue weighted by molar-refractivity contribution is 0.627. The van der Waals surface area contributed by atoms with Gasteiger partial charge in [0.1, 0.15) is 5.82 Å². The number of guanidine groups is 1. The fraction of sp³-hybridized carbons (Fsp3) is 0.412. The summed E-state index contributed by atoms with van der Waals surface area (Å²) in [5, 5.41) is 11.1. The quantitative estimate of drug-likeness (QED) is 0.658. The fourth-order valence-electron chi connectivity index (χ4n) is 2.36. The molecule has 0 aliphatic heterocycles. The molecule has 1 saturated carbocycles. The number of rotatable bonds is 5. The first-order valence-corrected chi connectivity index (χ1v) is 7.91. The van der Waals surface area contributed by atoms with E-state index in [1.807, 2.05) is 13.1 Å². The zero-order chi connectivity index (χ0) is 16.2. The van der Waals surface area contributed by atoms with E-state index in [0.29, 0.717) is 6.54 Å². The topological polar surface area (TPSA) is 54.2 Å². The van der Waals surface area contributed by atoms with Crippen LogP contribution in [0.15, 0.2) is 35.5 Å². The van der Waals surface area contributed by atoms with Crippen LogP contribution in [0.3, 0.4) is 0 Å². The first-order chi connectivity index (χ1) is 11.2. The molecule has 1 aliphatic carbocycles. The Morgan fingerprint density at radius 3 is 2.70 bits per heavy atom. The number of aryl methyl sites for hydroxylation is 1. The lowest BCUT2D eigenvalue weighted by Crippen LogP contribution is -2.37. The van der Waals surface area contributed by atoms with Crippen molar-refractivity contribution in [3.05, 3.63) is 47.5 Å². The van der Waals surface area contributed by atoms with Crippen LogP contribution in [0.1, 0.15) is 24.1 Å². The number of nitrogens with one attached hydrogen (secondary N) is 2. The van der Waals surface area contributed by atoms with Gasteiger partial charge in [-0.3, -0.25) is 4.99 Å². The highest BCUT2D eigenvalue weighted by Gasteiger charge is 2.21. The van der Waals surface area contributed by atoms with Crippen LogP contribution in [-0.4, -0.2) is 29.3 Å². The molecule has 2 aromatic rings. The third-order valence-electron chi connectivity index (χ3n) is 4.02. The van der Waals surface area contributed by atoms with Gasteiger partial charge in [0.15, 0.2) is 5.96 Å². The zero-order valence-electron chi connectivity index (χ0n) is 13.5. The molecule has 122 valence electrons. The van der Waals surface area contributed by atoms with Crippen LogP contribution in [0.25, 0.3) is 5.69 Å². The molecular weight excluding hydrogens is 293 g/mol. The van der Waals surface area contributed by atoms with E-state index in [1.165, 1.54) is 25.0 Å². The average molecular weight is 315 g/mol. The molecule has 2 N–H and O–H groups in total. The average Bonchev–Trinajstić information content (AvgIpc) is 3.31. The van der Waals surface area contributed by atoms with Crippen molar-refractivity contribution in [3.8, 4) is 5.69 Å². The molecular formula is C17H22FN5. The molecule has 0 saturated heterocycles. The van der Waals surface area contributed by atoms with E-state index in [-0.39, 0.29) is 5.82 Å². The molecule has 6 heteroatoms. The van der Waals surface area contributed by atoms with Crippen molar-refractivity contribution in [1.82, 2.24) is 20.4 Å². The summed E-state index contributed by atoms with van der Waals surface area (Å²) in [6.07, 6.45) is 4.59. The van der Waals surface area contributed by atoms with Gasteiger partial charge in [-0.05, 0) is 49.9 Å². The standard InChI is InChI=1S/C17H22FN5/c1-12-14(10-21-17(19-2)20-9-13-3-4-13)11-23(22-12)16-7-5-15(18)6-8-16/h5-8,11,13H,3-4,9-10H2,1-2H3,(H2,19,20,21). The molecule has 0 atom stereocenters. The minimum atomic E-state index is -0.245. The normalized spacial score (nSPS) is 14.8. The minimum absolute atomic E-state index is 0.245. The van der Waals surface area contributed by atoms with Gasteiger partial charge in [-0.25, -0.2) is 9.07 Å². The van der Waals surface area contributed by atoms with Gasteiger partial charge in [0.25, 0.3) is 0 Å². The largest absolute Gasteiger partial charge is 0.356 e. The first-order valence-electron chi connectivity index (χ1n) is 7.91. The second-order valence-corrected chi connectivity index (χ2v) is 5.91. The summed E-state index contributed by atoms with van der Waals surface area (Å²) in [7, 11) is 1.77. The Hall–Kier alpha value is -2.37. The lowest BCUT2D eigenvalue weighted by atomic mass is 10.2. The number of aromatic nitrogens is 2. The molecule has 0 amide bonds. The van der Waals surface area contributed by atoms with Crippen molar-refractivity contribution < 1.29 is 4.39 Å². The van der Waals surface area contributed by atoms with E-state index in [1.54, 1.807) is 23.9 Å². The van der Waals surface area contributed by atoms with E-state index in [2.05, 4.69) is 20.7 Å². The van der Waals surface area contributed by atoms with Crippen molar-refractivity contribution in [2.75, 3.05) is 13.6 Å². The van der Waals surface area contributed by atoms with E-state index in [4.69, 9.17) is 0 Å². The summed E-state index contributed by atoms with van der Waals surface area (Å²) in [4.78, 5) is 4.23. The zero-order valence-corrected chi connectivity index (χ0v) is 13.5. The van der Waals surface area contributed by atoms with Gasteiger partial charge < -0.3 is 10.6 Å². The monoisotopic (exact) mass is 315 g/mol. The molecule has 0 radical (unpaired) electrons. The maximum absolute atomic E-state index is 13.0. The van der Waals surface area contributed by atoms with Gasteiger partial charge >= 0.3 is 0 Å². The highest BCUT2D eigenvalue weighted by Crippen LogP contribution is 2.27. The van der Waals surface area contributed by atoms with Crippen LogP contribution < -0.4 is 10.6 Å². The predicted molar refractivity (Wildman–Crippen MR) is 89.2 cm³/mol. The smallest absolute Gasteiger partial charge is 0.191 e. The SMILES string of the molecule is CN=C(NCc1cn(-c2ccc(F)cc2)nc1C)NCC1CC1. The van der Waals surface area contributed by atoms with E-state index < -0.39 is 0 Å². The van der Waals surface area contributed by atoms with Crippen molar-refractivity contribution in [3.63, 3.8) is 0 Å². The second-order valence-electron chi connectivity index (χ2n) is 5.91. The van der Waals surface area contributed by atoms with E-state index >= 15 is 0 Å². The van der Waals surface area contributed by atoms with Crippen molar-refractivity contribution in [2.24, 2.45) is 10.9 Å². The molecule has 1 aromatic heterocycles.